The van der Waals surface area contributed by atoms with Crippen molar-refractivity contribution >= 4 is 23.4 Å². The minimum absolute atomic E-state index is 0.0472. The zero-order valence-corrected chi connectivity index (χ0v) is 20.6. The van der Waals surface area contributed by atoms with Gasteiger partial charge in [-0.25, -0.2) is 4.98 Å². The number of aryl methyl sites for hydroxylation is 1. The molecule has 2 N–H and O–H groups in total. The van der Waals surface area contributed by atoms with Crippen molar-refractivity contribution in [2.45, 2.75) is 52.5 Å². The van der Waals surface area contributed by atoms with Gasteiger partial charge in [-0.1, -0.05) is 62.7 Å². The minimum atomic E-state index is -0.0472. The molecule has 3 aromatic rings. The third-order valence-electron chi connectivity index (χ3n) is 6.33. The lowest BCUT2D eigenvalue weighted by molar-refractivity contribution is -0.125. The van der Waals surface area contributed by atoms with Crippen LogP contribution < -0.4 is 15.5 Å². The van der Waals surface area contributed by atoms with Gasteiger partial charge in [0.1, 0.15) is 5.82 Å². The van der Waals surface area contributed by atoms with E-state index in [1.54, 1.807) is 6.20 Å². The fourth-order valence-electron chi connectivity index (χ4n) is 4.22. The first-order valence-electron chi connectivity index (χ1n) is 12.1. The fourth-order valence-corrected chi connectivity index (χ4v) is 4.22. The van der Waals surface area contributed by atoms with Gasteiger partial charge in [0.25, 0.3) is 0 Å². The highest BCUT2D eigenvalue weighted by Gasteiger charge is 2.26. The molecule has 1 atom stereocenters. The molecule has 0 spiro atoms. The number of benzene rings is 2. The number of aromatic nitrogens is 2. The molecule has 1 aliphatic heterocycles. The Morgan fingerprint density at radius 2 is 1.91 bits per heavy atom. The molecule has 6 nitrogen and oxygen atoms in total. The van der Waals surface area contributed by atoms with E-state index in [4.69, 9.17) is 4.98 Å². The van der Waals surface area contributed by atoms with E-state index in [9.17, 15) is 4.79 Å². The van der Waals surface area contributed by atoms with Crippen molar-refractivity contribution in [3.05, 3.63) is 77.5 Å². The number of amides is 1. The molecule has 2 heterocycles. The van der Waals surface area contributed by atoms with Gasteiger partial charge in [-0.05, 0) is 54.5 Å². The Morgan fingerprint density at radius 1 is 1.12 bits per heavy atom. The van der Waals surface area contributed by atoms with Gasteiger partial charge in [0.15, 0.2) is 0 Å². The Hall–Kier alpha value is -3.41. The third kappa shape index (κ3) is 6.13. The summed E-state index contributed by atoms with van der Waals surface area (Å²) >= 11 is 0. The molecule has 4 rings (SSSR count). The van der Waals surface area contributed by atoms with Crippen molar-refractivity contribution in [3.63, 3.8) is 0 Å². The molecule has 0 bridgehead atoms. The van der Waals surface area contributed by atoms with Crippen LogP contribution in [0.3, 0.4) is 0 Å². The van der Waals surface area contributed by atoms with E-state index in [0.29, 0.717) is 19.0 Å². The zero-order chi connectivity index (χ0) is 24.1. The second-order valence-electron chi connectivity index (χ2n) is 10.2. The number of hydrogen-bond acceptors (Lipinski definition) is 5. The topological polar surface area (TPSA) is 70.2 Å². The molecule has 1 saturated heterocycles. The summed E-state index contributed by atoms with van der Waals surface area (Å²) in [6.45, 7) is 10.8. The molecule has 1 fully saturated rings. The van der Waals surface area contributed by atoms with E-state index in [1.807, 2.05) is 12.1 Å². The molecule has 178 valence electrons. The first-order chi connectivity index (χ1) is 16.3. The summed E-state index contributed by atoms with van der Waals surface area (Å²) in [5.41, 5.74) is 4.64. The largest absolute Gasteiger partial charge is 0.356 e. The lowest BCUT2D eigenvalue weighted by atomic mass is 9.87. The average molecular weight is 458 g/mol. The maximum absolute atomic E-state index is 12.9. The maximum Gasteiger partial charge on any atom is 0.229 e. The monoisotopic (exact) mass is 457 g/mol. The molecule has 6 heteroatoms. The number of nitrogens with zero attached hydrogens (tertiary/aromatic N) is 3. The second kappa shape index (κ2) is 10.2. The van der Waals surface area contributed by atoms with Crippen molar-refractivity contribution in [1.82, 2.24) is 15.3 Å². The molecule has 0 unspecified atom stereocenters. The SMILES string of the molecule is Cc1ccc(CNC(=O)[C@H]2CCCN(c3ccnc(Nc4cccc(C(C)(C)C)c4)n3)C2)cc1. The van der Waals surface area contributed by atoms with E-state index < -0.39 is 0 Å². The van der Waals surface area contributed by atoms with E-state index in [2.05, 4.69) is 90.7 Å². The van der Waals surface area contributed by atoms with Crippen LogP contribution in [0.1, 0.15) is 50.3 Å². The minimum Gasteiger partial charge on any atom is -0.356 e. The number of rotatable bonds is 6. The molecule has 34 heavy (non-hydrogen) atoms. The van der Waals surface area contributed by atoms with Gasteiger partial charge in [-0.3, -0.25) is 4.79 Å². The third-order valence-corrected chi connectivity index (χ3v) is 6.33. The second-order valence-corrected chi connectivity index (χ2v) is 10.2. The Bertz CT molecular complexity index is 1120. The standard InChI is InChI=1S/C28H35N5O/c1-20-10-12-21(13-11-20)18-30-26(34)22-7-6-16-33(19-22)25-14-15-29-27(32-25)31-24-9-5-8-23(17-24)28(2,3)4/h5,8-15,17,22H,6-7,16,18-19H2,1-4H3,(H,30,34)(H,29,31,32)/t22-/m0/s1. The smallest absolute Gasteiger partial charge is 0.229 e. The Balaban J connectivity index is 1.39. The predicted octanol–water partition coefficient (Wildman–Crippen LogP) is 5.36. The van der Waals surface area contributed by atoms with Gasteiger partial charge in [-0.15, -0.1) is 0 Å². The van der Waals surface area contributed by atoms with Crippen LogP contribution in [0.5, 0.6) is 0 Å². The lowest BCUT2D eigenvalue weighted by Crippen LogP contribution is -2.43. The first-order valence-corrected chi connectivity index (χ1v) is 12.1. The number of carbonyl (C=O) groups excluding carboxylic acids is 1. The summed E-state index contributed by atoms with van der Waals surface area (Å²) in [6.07, 6.45) is 3.63. The maximum atomic E-state index is 12.9. The van der Waals surface area contributed by atoms with Gasteiger partial charge in [0, 0.05) is 31.5 Å². The van der Waals surface area contributed by atoms with Crippen LogP contribution in [0, 0.1) is 12.8 Å². The molecule has 2 aromatic carbocycles. The number of nitrogens with one attached hydrogen (secondary N) is 2. The number of hydrogen-bond donors (Lipinski definition) is 2. The van der Waals surface area contributed by atoms with Crippen molar-refractivity contribution < 1.29 is 4.79 Å². The Kier molecular flexibility index (Phi) is 7.15. The molecule has 1 amide bonds. The van der Waals surface area contributed by atoms with Gasteiger partial charge in [-0.2, -0.15) is 4.98 Å². The molecule has 1 aliphatic rings. The Morgan fingerprint density at radius 3 is 2.68 bits per heavy atom. The number of anilines is 3. The zero-order valence-electron chi connectivity index (χ0n) is 20.6. The first kappa shape index (κ1) is 23.7. The van der Waals surface area contributed by atoms with Gasteiger partial charge >= 0.3 is 0 Å². The molecule has 1 aromatic heterocycles. The summed E-state index contributed by atoms with van der Waals surface area (Å²) in [4.78, 5) is 24.2. The van der Waals surface area contributed by atoms with Crippen LogP contribution in [-0.4, -0.2) is 29.0 Å². The van der Waals surface area contributed by atoms with Crippen molar-refractivity contribution in [2.75, 3.05) is 23.3 Å². The van der Waals surface area contributed by atoms with Crippen molar-refractivity contribution in [3.8, 4) is 0 Å². The fraction of sp³-hybridized carbons (Fsp3) is 0.393. The van der Waals surface area contributed by atoms with Gasteiger partial charge in [0.05, 0.1) is 5.92 Å². The summed E-state index contributed by atoms with van der Waals surface area (Å²) in [5.74, 6) is 1.47. The molecular weight excluding hydrogens is 422 g/mol. The lowest BCUT2D eigenvalue weighted by Gasteiger charge is -2.33. The summed E-state index contributed by atoms with van der Waals surface area (Å²) in [5, 5.41) is 6.45. The van der Waals surface area contributed by atoms with Crippen molar-refractivity contribution in [2.24, 2.45) is 5.92 Å². The van der Waals surface area contributed by atoms with Crippen LogP contribution in [0.4, 0.5) is 17.5 Å². The van der Waals surface area contributed by atoms with E-state index >= 15 is 0 Å². The van der Waals surface area contributed by atoms with E-state index in [1.165, 1.54) is 11.1 Å². The van der Waals surface area contributed by atoms with Gasteiger partial charge in [0.2, 0.25) is 11.9 Å². The summed E-state index contributed by atoms with van der Waals surface area (Å²) in [6, 6.07) is 18.6. The molecule has 0 aliphatic carbocycles. The van der Waals surface area contributed by atoms with Crippen LogP contribution in [-0.2, 0) is 16.8 Å². The van der Waals surface area contributed by atoms with Crippen LogP contribution in [0.25, 0.3) is 0 Å². The van der Waals surface area contributed by atoms with Crippen LogP contribution in [0.2, 0.25) is 0 Å². The van der Waals surface area contributed by atoms with E-state index in [-0.39, 0.29) is 17.2 Å². The van der Waals surface area contributed by atoms with Crippen LogP contribution in [0.15, 0.2) is 60.8 Å². The molecule has 0 radical (unpaired) electrons. The Labute approximate surface area is 202 Å². The highest BCUT2D eigenvalue weighted by atomic mass is 16.1. The predicted molar refractivity (Wildman–Crippen MR) is 138 cm³/mol. The van der Waals surface area contributed by atoms with Crippen molar-refractivity contribution in [1.29, 1.82) is 0 Å². The summed E-state index contributed by atoms with van der Waals surface area (Å²) in [7, 11) is 0. The van der Waals surface area contributed by atoms with Crippen LogP contribution >= 0.6 is 0 Å². The normalized spacial score (nSPS) is 16.2. The average Bonchev–Trinajstić information content (AvgIpc) is 2.83. The van der Waals surface area contributed by atoms with E-state index in [0.717, 1.165) is 36.5 Å². The highest BCUT2D eigenvalue weighted by Crippen LogP contribution is 2.27. The number of piperidine rings is 1. The highest BCUT2D eigenvalue weighted by molar-refractivity contribution is 5.79. The summed E-state index contributed by atoms with van der Waals surface area (Å²) < 4.78 is 0. The quantitative estimate of drug-likeness (QED) is 0.522. The molecule has 0 saturated carbocycles. The van der Waals surface area contributed by atoms with Gasteiger partial charge < -0.3 is 15.5 Å². The molecular formula is C28H35N5O. The number of carbonyl (C=O) groups is 1.